The van der Waals surface area contributed by atoms with Crippen LogP contribution in [0.1, 0.15) is 42.5 Å². The van der Waals surface area contributed by atoms with Crippen LogP contribution in [-0.2, 0) is 10.0 Å². The first kappa shape index (κ1) is 26.7. The summed E-state index contributed by atoms with van der Waals surface area (Å²) in [6.45, 7) is 9.65. The molecule has 0 aliphatic carbocycles. The third-order valence-corrected chi connectivity index (χ3v) is 6.70. The number of rotatable bonds is 8. The number of pyridine rings is 2. The lowest BCUT2D eigenvalue weighted by Gasteiger charge is -2.16. The molecule has 4 rings (SSSR count). The van der Waals surface area contributed by atoms with Crippen molar-refractivity contribution in [3.8, 4) is 28.9 Å². The third kappa shape index (κ3) is 5.94. The molecule has 0 aliphatic heterocycles. The molecule has 200 valence electrons. The van der Waals surface area contributed by atoms with Crippen LogP contribution in [-0.4, -0.2) is 40.9 Å². The second-order valence-corrected chi connectivity index (χ2v) is 10.2. The molecule has 0 radical (unpaired) electrons. The average molecular weight is 538 g/mol. The Labute approximate surface area is 224 Å². The molecule has 10 nitrogen and oxygen atoms in total. The average Bonchev–Trinajstić information content (AvgIpc) is 2.86. The Hall–Kier alpha value is -4.38. The molecule has 0 aliphatic rings. The molecule has 38 heavy (non-hydrogen) atoms. The minimum atomic E-state index is -4.24. The summed E-state index contributed by atoms with van der Waals surface area (Å²) in [6.07, 6.45) is 3.08. The number of nitrogens with one attached hydrogen (secondary N) is 1. The molecular formula is C27H31N5O5S. The molecule has 0 atom stereocenters. The summed E-state index contributed by atoms with van der Waals surface area (Å²) < 4.78 is 39.3. The van der Waals surface area contributed by atoms with E-state index in [0.29, 0.717) is 29.3 Å². The lowest BCUT2D eigenvalue weighted by Crippen LogP contribution is -2.31. The van der Waals surface area contributed by atoms with Crippen LogP contribution in [0.4, 0.5) is 0 Å². The Morgan fingerprint density at radius 1 is 0.974 bits per heavy atom. The molecular weight excluding hydrogens is 506 g/mol. The van der Waals surface area contributed by atoms with Crippen LogP contribution >= 0.6 is 0 Å². The Bertz CT molecular complexity index is 1590. The predicted octanol–water partition coefficient (Wildman–Crippen LogP) is 4.97. The first-order valence-electron chi connectivity index (χ1n) is 11.8. The van der Waals surface area contributed by atoms with Crippen molar-refractivity contribution in [2.45, 2.75) is 39.6 Å². The molecule has 0 fully saturated rings. The number of benzene rings is 1. The molecule has 3 aromatic heterocycles. The smallest absolute Gasteiger partial charge is 0.316 e. The van der Waals surface area contributed by atoms with Gasteiger partial charge in [-0.05, 0) is 70.0 Å². The molecule has 3 heterocycles. The first-order valence-corrected chi connectivity index (χ1v) is 13.3. The Morgan fingerprint density at radius 3 is 2.29 bits per heavy atom. The van der Waals surface area contributed by atoms with Gasteiger partial charge >= 0.3 is 6.01 Å². The number of nitrogens with zero attached hydrogens (tertiary/aromatic N) is 4. The van der Waals surface area contributed by atoms with Crippen LogP contribution in [0.5, 0.6) is 17.6 Å². The van der Waals surface area contributed by atoms with Gasteiger partial charge in [-0.1, -0.05) is 23.8 Å². The minimum absolute atomic E-state index is 0. The number of aromatic nitrogens is 4. The number of carbonyl (C=O) groups excluding carboxylic acids is 1. The molecule has 11 heteroatoms. The van der Waals surface area contributed by atoms with Crippen LogP contribution in [0.25, 0.3) is 11.3 Å². The first-order chi connectivity index (χ1) is 18.1. The Kier molecular flexibility index (Phi) is 7.67. The molecule has 0 spiro atoms. The van der Waals surface area contributed by atoms with E-state index in [1.54, 1.807) is 37.5 Å². The third-order valence-electron chi connectivity index (χ3n) is 5.47. The number of aryl methyl sites for hydroxylation is 4. The van der Waals surface area contributed by atoms with E-state index in [0.717, 1.165) is 16.7 Å². The van der Waals surface area contributed by atoms with Gasteiger partial charge in [0.2, 0.25) is 5.88 Å². The number of ether oxygens (including phenoxy) is 2. The van der Waals surface area contributed by atoms with E-state index in [2.05, 4.69) is 24.7 Å². The van der Waals surface area contributed by atoms with Crippen LogP contribution in [0.2, 0.25) is 0 Å². The van der Waals surface area contributed by atoms with Crippen molar-refractivity contribution in [1.82, 2.24) is 24.7 Å². The standard InChI is InChI=1S/C27H27N5O5S.2H2/c1-6-36-27-28-14-20(15-29-27)22-11-10-21(25(33)32-38(34,35)23-9-7-8-19(5)30-23)26(31-22)37-24-17(3)12-16(2)13-18(24)4;;/h7-15H,6H2,1-5H3,(H,32,33);2*1H. The molecule has 1 N–H and O–H groups in total. The summed E-state index contributed by atoms with van der Waals surface area (Å²) in [6, 6.07) is 11.6. The van der Waals surface area contributed by atoms with Gasteiger partial charge in [-0.15, -0.1) is 0 Å². The highest BCUT2D eigenvalue weighted by Gasteiger charge is 2.25. The topological polar surface area (TPSA) is 133 Å². The fraction of sp³-hybridized carbons (Fsp3) is 0.222. The number of carbonyl (C=O) groups is 1. The highest BCUT2D eigenvalue weighted by atomic mass is 32.2. The van der Waals surface area contributed by atoms with Crippen molar-refractivity contribution in [2.75, 3.05) is 6.61 Å². The van der Waals surface area contributed by atoms with Crippen LogP contribution in [0, 0.1) is 27.7 Å². The molecule has 0 bridgehead atoms. The number of hydrogen-bond donors (Lipinski definition) is 1. The summed E-state index contributed by atoms with van der Waals surface area (Å²) in [4.78, 5) is 30.1. The Balaban J connectivity index is 0.00000280. The zero-order valence-electron chi connectivity index (χ0n) is 21.6. The maximum absolute atomic E-state index is 13.2. The molecule has 0 saturated carbocycles. The van der Waals surface area contributed by atoms with Crippen LogP contribution < -0.4 is 14.2 Å². The van der Waals surface area contributed by atoms with E-state index >= 15 is 0 Å². The number of amides is 1. The lowest BCUT2D eigenvalue weighted by molar-refractivity contribution is 0.0978. The van der Waals surface area contributed by atoms with E-state index < -0.39 is 15.9 Å². The maximum Gasteiger partial charge on any atom is 0.316 e. The van der Waals surface area contributed by atoms with Gasteiger partial charge in [0.25, 0.3) is 15.9 Å². The summed E-state index contributed by atoms with van der Waals surface area (Å²) >= 11 is 0. The fourth-order valence-electron chi connectivity index (χ4n) is 3.83. The summed E-state index contributed by atoms with van der Waals surface area (Å²) in [7, 11) is -4.24. The highest BCUT2D eigenvalue weighted by molar-refractivity contribution is 7.90. The second kappa shape index (κ2) is 10.9. The van der Waals surface area contributed by atoms with E-state index in [4.69, 9.17) is 9.47 Å². The lowest BCUT2D eigenvalue weighted by atomic mass is 10.1. The molecule has 1 amide bonds. The molecule has 0 saturated heterocycles. The minimum Gasteiger partial charge on any atom is -0.464 e. The number of hydrogen-bond acceptors (Lipinski definition) is 9. The van der Waals surface area contributed by atoms with Gasteiger partial charge < -0.3 is 9.47 Å². The van der Waals surface area contributed by atoms with Crippen LogP contribution in [0.3, 0.4) is 0 Å². The fourth-order valence-corrected chi connectivity index (χ4v) is 4.81. The van der Waals surface area contributed by atoms with Crippen molar-refractivity contribution >= 4 is 15.9 Å². The highest BCUT2D eigenvalue weighted by Crippen LogP contribution is 2.32. The van der Waals surface area contributed by atoms with E-state index in [9.17, 15) is 13.2 Å². The number of sulfonamides is 1. The maximum atomic E-state index is 13.2. The predicted molar refractivity (Wildman–Crippen MR) is 145 cm³/mol. The summed E-state index contributed by atoms with van der Waals surface area (Å²) in [5.41, 5.74) is 4.12. The van der Waals surface area contributed by atoms with Gasteiger partial charge in [-0.2, -0.15) is 8.42 Å². The second-order valence-electron chi connectivity index (χ2n) is 8.62. The normalized spacial score (nSPS) is 11.2. The Morgan fingerprint density at radius 2 is 1.66 bits per heavy atom. The SMILES string of the molecule is CCOc1ncc(-c2ccc(C(=O)NS(=O)(=O)c3cccc(C)n3)c(Oc3c(C)cc(C)cc3C)n2)cn1.[HH].[HH]. The van der Waals surface area contributed by atoms with Gasteiger partial charge in [0.05, 0.1) is 12.3 Å². The molecule has 1 aromatic carbocycles. The zero-order valence-corrected chi connectivity index (χ0v) is 22.5. The summed E-state index contributed by atoms with van der Waals surface area (Å²) in [5, 5.41) is -0.269. The van der Waals surface area contributed by atoms with Gasteiger partial charge in [-0.3, -0.25) is 4.79 Å². The van der Waals surface area contributed by atoms with Gasteiger partial charge in [0, 0.05) is 26.5 Å². The molecule has 0 unspecified atom stereocenters. The van der Waals surface area contributed by atoms with E-state index in [-0.39, 0.29) is 25.3 Å². The van der Waals surface area contributed by atoms with E-state index in [1.165, 1.54) is 12.1 Å². The monoisotopic (exact) mass is 537 g/mol. The van der Waals surface area contributed by atoms with Crippen molar-refractivity contribution in [3.05, 3.63) is 82.8 Å². The van der Waals surface area contributed by atoms with Gasteiger partial charge in [-0.25, -0.2) is 24.7 Å². The van der Waals surface area contributed by atoms with E-state index in [1.807, 2.05) is 39.8 Å². The quantitative estimate of drug-likeness (QED) is 0.331. The van der Waals surface area contributed by atoms with Gasteiger partial charge in [0.1, 0.15) is 11.3 Å². The molecule has 4 aromatic rings. The van der Waals surface area contributed by atoms with Gasteiger partial charge in [0.15, 0.2) is 5.03 Å². The van der Waals surface area contributed by atoms with Crippen LogP contribution in [0.15, 0.2) is 59.9 Å². The summed E-state index contributed by atoms with van der Waals surface area (Å²) in [5.74, 6) is -0.468. The van der Waals surface area contributed by atoms with Crippen molar-refractivity contribution in [1.29, 1.82) is 0 Å². The van der Waals surface area contributed by atoms with Crippen molar-refractivity contribution in [3.63, 3.8) is 0 Å². The zero-order chi connectivity index (χ0) is 27.4. The van der Waals surface area contributed by atoms with Crippen molar-refractivity contribution in [2.24, 2.45) is 0 Å². The largest absolute Gasteiger partial charge is 0.464 e. The van der Waals surface area contributed by atoms with Crippen molar-refractivity contribution < 1.29 is 25.5 Å².